The predicted octanol–water partition coefficient (Wildman–Crippen LogP) is -1.72. The van der Waals surface area contributed by atoms with Crippen molar-refractivity contribution in [2.45, 2.75) is 24.4 Å². The highest BCUT2D eigenvalue weighted by atomic mass is 16.3. The predicted molar refractivity (Wildman–Crippen MR) is 74.5 cm³/mol. The van der Waals surface area contributed by atoms with Crippen molar-refractivity contribution in [1.29, 1.82) is 0 Å². The van der Waals surface area contributed by atoms with Crippen molar-refractivity contribution >= 4 is 11.9 Å². The third-order valence-corrected chi connectivity index (χ3v) is 3.66. The number of rotatable bonds is 6. The first-order valence-electron chi connectivity index (χ1n) is 6.84. The van der Waals surface area contributed by atoms with Crippen LogP contribution in [-0.4, -0.2) is 69.1 Å². The van der Waals surface area contributed by atoms with E-state index in [1.54, 1.807) is 23.4 Å². The Morgan fingerprint density at radius 3 is 2.48 bits per heavy atom. The summed E-state index contributed by atoms with van der Waals surface area (Å²) in [4.78, 5) is 22.4. The zero-order valence-electron chi connectivity index (χ0n) is 11.6. The Kier molecular flexibility index (Phi) is 5.05. The second-order valence-electron chi connectivity index (χ2n) is 5.14. The standard InChI is InChI=1S/C13H20N4O4/c18-7-13(8-19,9-20)16-11(21)10-3-1-6-17(10)12-14-4-2-5-15-12/h2,4-5,10,18-20H,1,3,6-9H2,(H,16,21). The Hall–Kier alpha value is -1.77. The maximum Gasteiger partial charge on any atom is 0.243 e. The molecule has 2 heterocycles. The second kappa shape index (κ2) is 6.79. The fourth-order valence-electron chi connectivity index (χ4n) is 2.33. The Balaban J connectivity index is 2.11. The topological polar surface area (TPSA) is 119 Å². The molecule has 1 amide bonds. The highest BCUT2D eigenvalue weighted by Gasteiger charge is 2.37. The first-order chi connectivity index (χ1) is 10.2. The Labute approximate surface area is 122 Å². The minimum Gasteiger partial charge on any atom is -0.394 e. The molecule has 0 aliphatic carbocycles. The molecule has 4 N–H and O–H groups in total. The monoisotopic (exact) mass is 296 g/mol. The van der Waals surface area contributed by atoms with E-state index in [-0.39, 0.29) is 5.91 Å². The Morgan fingerprint density at radius 2 is 1.90 bits per heavy atom. The molecule has 8 heteroatoms. The van der Waals surface area contributed by atoms with Gasteiger partial charge in [0.05, 0.1) is 19.8 Å². The smallest absolute Gasteiger partial charge is 0.243 e. The number of nitrogens with one attached hydrogen (secondary N) is 1. The summed E-state index contributed by atoms with van der Waals surface area (Å²) in [6.07, 6.45) is 4.66. The van der Waals surface area contributed by atoms with Crippen LogP contribution in [-0.2, 0) is 4.79 Å². The maximum atomic E-state index is 12.4. The Bertz CT molecular complexity index is 458. The highest BCUT2D eigenvalue weighted by molar-refractivity contribution is 5.86. The number of amides is 1. The molecule has 1 aromatic heterocycles. The van der Waals surface area contributed by atoms with Gasteiger partial charge >= 0.3 is 0 Å². The molecule has 0 saturated carbocycles. The summed E-state index contributed by atoms with van der Waals surface area (Å²) in [7, 11) is 0. The van der Waals surface area contributed by atoms with Crippen LogP contribution in [0.3, 0.4) is 0 Å². The molecule has 0 bridgehead atoms. The summed E-state index contributed by atoms with van der Waals surface area (Å²) in [6, 6.07) is 1.22. The van der Waals surface area contributed by atoms with E-state index in [0.29, 0.717) is 18.9 Å². The molecule has 1 fully saturated rings. The van der Waals surface area contributed by atoms with Gasteiger partial charge in [-0.2, -0.15) is 0 Å². The van der Waals surface area contributed by atoms with Crippen molar-refractivity contribution in [2.24, 2.45) is 0 Å². The molecule has 0 radical (unpaired) electrons. The van der Waals surface area contributed by atoms with Crippen LogP contribution in [0.5, 0.6) is 0 Å². The van der Waals surface area contributed by atoms with Crippen LogP contribution in [0.2, 0.25) is 0 Å². The average molecular weight is 296 g/mol. The number of hydrogen-bond acceptors (Lipinski definition) is 7. The van der Waals surface area contributed by atoms with E-state index in [1.807, 2.05) is 0 Å². The quantitative estimate of drug-likeness (QED) is 0.493. The van der Waals surface area contributed by atoms with Crippen molar-refractivity contribution in [1.82, 2.24) is 15.3 Å². The molecule has 1 aliphatic rings. The minimum atomic E-state index is -1.41. The second-order valence-corrected chi connectivity index (χ2v) is 5.14. The van der Waals surface area contributed by atoms with Crippen LogP contribution in [0.25, 0.3) is 0 Å². The van der Waals surface area contributed by atoms with Crippen molar-refractivity contribution in [3.05, 3.63) is 18.5 Å². The molecule has 21 heavy (non-hydrogen) atoms. The van der Waals surface area contributed by atoms with Gasteiger partial charge in [0.25, 0.3) is 0 Å². The summed E-state index contributed by atoms with van der Waals surface area (Å²) in [5, 5.41) is 30.4. The van der Waals surface area contributed by atoms with Crippen molar-refractivity contribution in [3.8, 4) is 0 Å². The zero-order chi connectivity index (χ0) is 15.3. The lowest BCUT2D eigenvalue weighted by molar-refractivity contribution is -0.126. The van der Waals surface area contributed by atoms with E-state index >= 15 is 0 Å². The zero-order valence-corrected chi connectivity index (χ0v) is 11.6. The van der Waals surface area contributed by atoms with Gasteiger partial charge in [0.2, 0.25) is 11.9 Å². The minimum absolute atomic E-state index is 0.364. The van der Waals surface area contributed by atoms with E-state index in [1.165, 1.54) is 0 Å². The number of aliphatic hydroxyl groups excluding tert-OH is 3. The van der Waals surface area contributed by atoms with Gasteiger partial charge in [-0.25, -0.2) is 9.97 Å². The van der Waals surface area contributed by atoms with Gasteiger partial charge < -0.3 is 25.5 Å². The van der Waals surface area contributed by atoms with E-state index in [4.69, 9.17) is 0 Å². The van der Waals surface area contributed by atoms with Crippen molar-refractivity contribution in [3.63, 3.8) is 0 Å². The molecule has 0 aromatic carbocycles. The van der Waals surface area contributed by atoms with Gasteiger partial charge in [0, 0.05) is 18.9 Å². The molecule has 1 atom stereocenters. The van der Waals surface area contributed by atoms with Gasteiger partial charge in [-0.3, -0.25) is 4.79 Å². The van der Waals surface area contributed by atoms with Crippen molar-refractivity contribution in [2.75, 3.05) is 31.3 Å². The fourth-order valence-corrected chi connectivity index (χ4v) is 2.33. The molecule has 116 valence electrons. The molecule has 1 unspecified atom stereocenters. The number of anilines is 1. The fraction of sp³-hybridized carbons (Fsp3) is 0.615. The van der Waals surface area contributed by atoms with Gasteiger partial charge in [-0.1, -0.05) is 0 Å². The summed E-state index contributed by atoms with van der Waals surface area (Å²) < 4.78 is 0. The SMILES string of the molecule is O=C(NC(CO)(CO)CO)C1CCCN1c1ncccn1. The van der Waals surface area contributed by atoms with Crippen molar-refractivity contribution < 1.29 is 20.1 Å². The lowest BCUT2D eigenvalue weighted by Crippen LogP contribution is -2.60. The number of carbonyl (C=O) groups excluding carboxylic acids is 1. The maximum absolute atomic E-state index is 12.4. The third kappa shape index (κ3) is 3.29. The average Bonchev–Trinajstić information content (AvgIpc) is 3.03. The first-order valence-corrected chi connectivity index (χ1v) is 6.84. The van der Waals surface area contributed by atoms with Crippen LogP contribution >= 0.6 is 0 Å². The molecule has 0 spiro atoms. The van der Waals surface area contributed by atoms with Gasteiger partial charge in [-0.05, 0) is 18.9 Å². The Morgan fingerprint density at radius 1 is 1.29 bits per heavy atom. The summed E-state index contributed by atoms with van der Waals surface area (Å²) >= 11 is 0. The molecular weight excluding hydrogens is 276 g/mol. The normalized spacial score (nSPS) is 18.8. The van der Waals surface area contributed by atoms with Crippen LogP contribution in [0.15, 0.2) is 18.5 Å². The molecule has 1 aliphatic heterocycles. The van der Waals surface area contributed by atoms with Crippen LogP contribution in [0.1, 0.15) is 12.8 Å². The summed E-state index contributed by atoms with van der Waals surface area (Å²) in [5.41, 5.74) is -1.41. The first kappa shape index (κ1) is 15.6. The van der Waals surface area contributed by atoms with Gasteiger partial charge in [-0.15, -0.1) is 0 Å². The van der Waals surface area contributed by atoms with E-state index in [2.05, 4.69) is 15.3 Å². The number of aromatic nitrogens is 2. The van der Waals surface area contributed by atoms with Gasteiger partial charge in [0.1, 0.15) is 11.6 Å². The number of carbonyl (C=O) groups is 1. The molecule has 1 saturated heterocycles. The van der Waals surface area contributed by atoms with E-state index in [9.17, 15) is 20.1 Å². The molecule has 1 aromatic rings. The summed E-state index contributed by atoms with van der Waals surface area (Å²) in [5.74, 6) is 0.106. The largest absolute Gasteiger partial charge is 0.394 e. The third-order valence-electron chi connectivity index (χ3n) is 3.66. The molecular formula is C13H20N4O4. The highest BCUT2D eigenvalue weighted by Crippen LogP contribution is 2.22. The lowest BCUT2D eigenvalue weighted by atomic mass is 10.0. The van der Waals surface area contributed by atoms with Gasteiger partial charge in [0.15, 0.2) is 0 Å². The van der Waals surface area contributed by atoms with E-state index in [0.717, 1.165) is 6.42 Å². The number of nitrogens with zero attached hydrogens (tertiary/aromatic N) is 3. The summed E-state index contributed by atoms with van der Waals surface area (Å²) in [6.45, 7) is -0.965. The van der Waals surface area contributed by atoms with Crippen LogP contribution in [0, 0.1) is 0 Å². The van der Waals surface area contributed by atoms with Crippen LogP contribution < -0.4 is 10.2 Å². The number of aliphatic hydroxyl groups is 3. The van der Waals surface area contributed by atoms with E-state index < -0.39 is 31.4 Å². The number of hydrogen-bond donors (Lipinski definition) is 4. The molecule has 8 nitrogen and oxygen atoms in total. The van der Waals surface area contributed by atoms with Crippen LogP contribution in [0.4, 0.5) is 5.95 Å². The lowest BCUT2D eigenvalue weighted by Gasteiger charge is -2.32. The molecule has 2 rings (SSSR count).